The number of hydrogen-bond donors (Lipinski definition) is 1. The fraction of sp³-hybridized carbons (Fsp3) is 0.263. The number of amides is 2. The van der Waals surface area contributed by atoms with Crippen LogP contribution in [0.25, 0.3) is 0 Å². The van der Waals surface area contributed by atoms with Gasteiger partial charge >= 0.3 is 0 Å². The minimum atomic E-state index is -0.655. The van der Waals surface area contributed by atoms with E-state index in [9.17, 15) is 9.59 Å². The summed E-state index contributed by atoms with van der Waals surface area (Å²) in [6, 6.07) is 11.9. The van der Waals surface area contributed by atoms with Crippen molar-refractivity contribution in [3.05, 3.63) is 58.1 Å². The van der Waals surface area contributed by atoms with E-state index in [0.717, 1.165) is 17.7 Å². The highest BCUT2D eigenvalue weighted by Crippen LogP contribution is 2.28. The first-order chi connectivity index (χ1) is 12.5. The molecule has 0 aromatic heterocycles. The van der Waals surface area contributed by atoms with Crippen LogP contribution in [0.15, 0.2) is 42.5 Å². The number of fused-ring (bicyclic) bond motifs is 1. The Balaban J connectivity index is 1.55. The molecule has 3 rings (SSSR count). The molecule has 0 saturated carbocycles. The summed E-state index contributed by atoms with van der Waals surface area (Å²) in [5, 5.41) is 3.47. The lowest BCUT2D eigenvalue weighted by atomic mass is 10.2. The molecule has 2 aromatic carbocycles. The van der Waals surface area contributed by atoms with E-state index in [1.54, 1.807) is 24.0 Å². The third kappa shape index (κ3) is 4.11. The van der Waals surface area contributed by atoms with Crippen LogP contribution in [0.2, 0.25) is 10.0 Å². The fourth-order valence-electron chi connectivity index (χ4n) is 2.88. The van der Waals surface area contributed by atoms with Crippen molar-refractivity contribution in [3.8, 4) is 5.75 Å². The number of benzene rings is 2. The van der Waals surface area contributed by atoms with Crippen LogP contribution in [-0.4, -0.2) is 31.0 Å². The number of rotatable bonds is 5. The maximum atomic E-state index is 12.6. The normalized spacial score (nSPS) is 13.9. The number of hydrogen-bond acceptors (Lipinski definition) is 3. The monoisotopic (exact) mass is 392 g/mol. The van der Waals surface area contributed by atoms with Gasteiger partial charge in [-0.15, -0.1) is 0 Å². The van der Waals surface area contributed by atoms with Gasteiger partial charge in [-0.25, -0.2) is 0 Å². The van der Waals surface area contributed by atoms with E-state index >= 15 is 0 Å². The molecule has 7 heteroatoms. The van der Waals surface area contributed by atoms with Crippen molar-refractivity contribution in [1.29, 1.82) is 0 Å². The molecule has 2 aromatic rings. The summed E-state index contributed by atoms with van der Waals surface area (Å²) in [6.07, 6.45) is 0.820. The Morgan fingerprint density at radius 2 is 2.00 bits per heavy atom. The molecular formula is C19H18Cl2N2O3. The first-order valence-corrected chi connectivity index (χ1v) is 8.98. The van der Waals surface area contributed by atoms with E-state index in [1.165, 1.54) is 6.07 Å². The Labute approximate surface area is 161 Å². The molecule has 0 bridgehead atoms. The van der Waals surface area contributed by atoms with Crippen molar-refractivity contribution in [2.75, 3.05) is 18.1 Å². The molecule has 1 N–H and O–H groups in total. The first-order valence-electron chi connectivity index (χ1n) is 8.22. The number of nitrogens with zero attached hydrogens (tertiary/aromatic N) is 1. The van der Waals surface area contributed by atoms with E-state index in [2.05, 4.69) is 5.32 Å². The van der Waals surface area contributed by atoms with Crippen molar-refractivity contribution in [3.63, 3.8) is 0 Å². The molecule has 1 heterocycles. The zero-order valence-corrected chi connectivity index (χ0v) is 15.7. The van der Waals surface area contributed by atoms with Crippen molar-refractivity contribution >= 4 is 40.7 Å². The van der Waals surface area contributed by atoms with Crippen LogP contribution in [-0.2, 0) is 16.0 Å². The number of carbonyl (C=O) groups excluding carboxylic acids is 2. The summed E-state index contributed by atoms with van der Waals surface area (Å²) < 4.78 is 5.39. The Morgan fingerprint density at radius 3 is 2.77 bits per heavy atom. The first kappa shape index (κ1) is 18.5. The highest BCUT2D eigenvalue weighted by Gasteiger charge is 2.28. The van der Waals surface area contributed by atoms with E-state index < -0.39 is 11.9 Å². The van der Waals surface area contributed by atoms with Gasteiger partial charge in [0.1, 0.15) is 11.8 Å². The van der Waals surface area contributed by atoms with Crippen molar-refractivity contribution in [1.82, 2.24) is 5.32 Å². The molecule has 0 aliphatic carbocycles. The summed E-state index contributed by atoms with van der Waals surface area (Å²) in [6.45, 7) is 2.04. The number of ether oxygens (including phenoxy) is 1. The lowest BCUT2D eigenvalue weighted by molar-refractivity contribution is -0.128. The molecule has 1 aliphatic heterocycles. The molecule has 0 saturated heterocycles. The minimum absolute atomic E-state index is 0.146. The maximum Gasteiger partial charge on any atom is 0.258 e. The van der Waals surface area contributed by atoms with Crippen molar-refractivity contribution in [2.24, 2.45) is 0 Å². The van der Waals surface area contributed by atoms with Crippen LogP contribution in [0.4, 0.5) is 5.69 Å². The van der Waals surface area contributed by atoms with Gasteiger partial charge < -0.3 is 15.0 Å². The molecule has 0 fully saturated rings. The van der Waals surface area contributed by atoms with E-state index in [-0.39, 0.29) is 12.5 Å². The standard InChI is InChI=1S/C19H18Cl2N2O3/c1-12(19(25)23-9-8-13-4-2-3-5-16(13)23)22-18(24)11-26-17-7-6-14(20)10-15(17)21/h2-7,10,12H,8-9,11H2,1H3,(H,22,24)/t12-/m0/s1. The highest BCUT2D eigenvalue weighted by molar-refractivity contribution is 6.35. The van der Waals surface area contributed by atoms with Gasteiger partial charge in [0, 0.05) is 17.3 Å². The van der Waals surface area contributed by atoms with Gasteiger partial charge in [-0.3, -0.25) is 9.59 Å². The Hall–Kier alpha value is -2.24. The summed E-state index contributed by atoms with van der Waals surface area (Å²) in [5.74, 6) is -0.184. The maximum absolute atomic E-state index is 12.6. The third-order valence-electron chi connectivity index (χ3n) is 4.15. The predicted octanol–water partition coefficient (Wildman–Crippen LogP) is 3.47. The Kier molecular flexibility index (Phi) is 5.69. The zero-order valence-electron chi connectivity index (χ0n) is 14.2. The van der Waals surface area contributed by atoms with Gasteiger partial charge in [-0.05, 0) is 43.2 Å². The molecule has 0 unspecified atom stereocenters. The van der Waals surface area contributed by atoms with Crippen LogP contribution >= 0.6 is 23.2 Å². The van der Waals surface area contributed by atoms with E-state index in [1.807, 2.05) is 24.3 Å². The van der Waals surface area contributed by atoms with Crippen LogP contribution < -0.4 is 15.0 Å². The topological polar surface area (TPSA) is 58.6 Å². The second-order valence-corrected chi connectivity index (χ2v) is 6.86. The molecule has 0 radical (unpaired) electrons. The summed E-state index contributed by atoms with van der Waals surface area (Å²) >= 11 is 11.8. The molecule has 26 heavy (non-hydrogen) atoms. The predicted molar refractivity (Wildman–Crippen MR) is 102 cm³/mol. The molecular weight excluding hydrogens is 375 g/mol. The number of carbonyl (C=O) groups is 2. The quantitative estimate of drug-likeness (QED) is 0.847. The number of anilines is 1. The molecule has 1 aliphatic rings. The van der Waals surface area contributed by atoms with Crippen LogP contribution in [0.3, 0.4) is 0 Å². The summed E-state index contributed by atoms with van der Waals surface area (Å²) in [5.41, 5.74) is 2.04. The second-order valence-electron chi connectivity index (χ2n) is 6.02. The highest BCUT2D eigenvalue weighted by atomic mass is 35.5. The van der Waals surface area contributed by atoms with Crippen molar-refractivity contribution < 1.29 is 14.3 Å². The largest absolute Gasteiger partial charge is 0.482 e. The SMILES string of the molecule is C[C@H](NC(=O)COc1ccc(Cl)cc1Cl)C(=O)N1CCc2ccccc21. The molecule has 1 atom stereocenters. The van der Waals surface area contributed by atoms with E-state index in [0.29, 0.717) is 22.3 Å². The number of halogens is 2. The average molecular weight is 393 g/mol. The fourth-order valence-corrected chi connectivity index (χ4v) is 3.34. The zero-order chi connectivity index (χ0) is 18.7. The molecule has 0 spiro atoms. The lowest BCUT2D eigenvalue weighted by Crippen LogP contribution is -2.47. The molecule has 5 nitrogen and oxygen atoms in total. The van der Waals surface area contributed by atoms with Gasteiger partial charge in [-0.2, -0.15) is 0 Å². The second kappa shape index (κ2) is 7.98. The van der Waals surface area contributed by atoms with Gasteiger partial charge in [-0.1, -0.05) is 41.4 Å². The summed E-state index contributed by atoms with van der Waals surface area (Å²) in [4.78, 5) is 26.4. The number of nitrogens with one attached hydrogen (secondary N) is 1. The van der Waals surface area contributed by atoms with Crippen LogP contribution in [0.5, 0.6) is 5.75 Å². The summed E-state index contributed by atoms with van der Waals surface area (Å²) in [7, 11) is 0. The van der Waals surface area contributed by atoms with Gasteiger partial charge in [0.25, 0.3) is 5.91 Å². The molecule has 2 amide bonds. The van der Waals surface area contributed by atoms with Gasteiger partial charge in [0.2, 0.25) is 5.91 Å². The average Bonchev–Trinajstić information content (AvgIpc) is 3.04. The van der Waals surface area contributed by atoms with Gasteiger partial charge in [0.05, 0.1) is 5.02 Å². The molecule has 136 valence electrons. The Bertz CT molecular complexity index is 841. The van der Waals surface area contributed by atoms with Crippen LogP contribution in [0, 0.1) is 0 Å². The Morgan fingerprint density at radius 1 is 1.23 bits per heavy atom. The van der Waals surface area contributed by atoms with Gasteiger partial charge in [0.15, 0.2) is 6.61 Å². The lowest BCUT2D eigenvalue weighted by Gasteiger charge is -2.22. The third-order valence-corrected chi connectivity index (χ3v) is 4.68. The van der Waals surface area contributed by atoms with Crippen LogP contribution in [0.1, 0.15) is 12.5 Å². The minimum Gasteiger partial charge on any atom is -0.482 e. The number of para-hydroxylation sites is 1. The van der Waals surface area contributed by atoms with E-state index in [4.69, 9.17) is 27.9 Å². The van der Waals surface area contributed by atoms with Crippen molar-refractivity contribution in [2.45, 2.75) is 19.4 Å². The smallest absolute Gasteiger partial charge is 0.258 e.